The standard InChI is InChI=1S/C35H39ClF3N9O5/c1-4-27-29(44-10-11-45(20(3)17-44)31(50)23-16-40-47(32(23)51)22-6-5-7-22)33(52)48-34(42-30(43-48)21-8-12-53-13-9-21)46(27)18-28(49)41-26-15-25(36)24(14-19(26)2)35(37,38)39/h8,14-16,20,22,40H,4-7,9-13,17-18H2,1-3H3,(H,41,49)/t20-/m1/s1. The molecule has 1 atom stereocenters. The van der Waals surface area contributed by atoms with Crippen LogP contribution in [0.2, 0.25) is 5.02 Å². The molecule has 53 heavy (non-hydrogen) atoms. The molecular formula is C35H39ClF3N9O5. The number of aromatic amines is 1. The third-order valence-corrected chi connectivity index (χ3v) is 10.6. The van der Waals surface area contributed by atoms with Gasteiger partial charge in [0.1, 0.15) is 17.8 Å². The van der Waals surface area contributed by atoms with Crippen LogP contribution in [0.4, 0.5) is 24.5 Å². The number of rotatable bonds is 8. The molecule has 1 saturated carbocycles. The minimum atomic E-state index is -4.67. The van der Waals surface area contributed by atoms with Crippen LogP contribution in [-0.4, -0.2) is 84.5 Å². The second kappa shape index (κ2) is 14.2. The lowest BCUT2D eigenvalue weighted by atomic mass is 9.93. The van der Waals surface area contributed by atoms with Crippen molar-refractivity contribution in [2.24, 2.45) is 0 Å². The van der Waals surface area contributed by atoms with Gasteiger partial charge in [-0.05, 0) is 69.2 Å². The zero-order valence-electron chi connectivity index (χ0n) is 29.4. The van der Waals surface area contributed by atoms with Gasteiger partial charge in [-0.15, -0.1) is 5.10 Å². The largest absolute Gasteiger partial charge is 0.417 e. The van der Waals surface area contributed by atoms with E-state index in [1.807, 2.05) is 24.8 Å². The van der Waals surface area contributed by atoms with Crippen LogP contribution in [0.3, 0.4) is 0 Å². The Bertz CT molecular complexity index is 2250. The van der Waals surface area contributed by atoms with E-state index < -0.39 is 34.3 Å². The number of hydrogen-bond acceptors (Lipinski definition) is 8. The first-order valence-corrected chi connectivity index (χ1v) is 18.0. The maximum absolute atomic E-state index is 14.3. The number of nitrogens with zero attached hydrogens (tertiary/aromatic N) is 7. The van der Waals surface area contributed by atoms with Gasteiger partial charge in [-0.3, -0.25) is 19.2 Å². The van der Waals surface area contributed by atoms with Crippen molar-refractivity contribution in [2.45, 2.75) is 77.7 Å². The Balaban J connectivity index is 1.22. The zero-order valence-corrected chi connectivity index (χ0v) is 30.2. The number of anilines is 2. The third kappa shape index (κ3) is 6.75. The Kier molecular flexibility index (Phi) is 9.74. The summed E-state index contributed by atoms with van der Waals surface area (Å²) in [6.07, 6.45) is 2.26. The van der Waals surface area contributed by atoms with Crippen LogP contribution in [0.25, 0.3) is 11.4 Å². The number of carbonyl (C=O) groups excluding carboxylic acids is 2. The summed E-state index contributed by atoms with van der Waals surface area (Å²) in [7, 11) is 0. The highest BCUT2D eigenvalue weighted by molar-refractivity contribution is 6.31. The Labute approximate surface area is 306 Å². The average molecular weight is 758 g/mol. The fourth-order valence-corrected chi connectivity index (χ4v) is 7.50. The number of aryl methyl sites for hydroxylation is 1. The summed E-state index contributed by atoms with van der Waals surface area (Å²) in [5.41, 5.74) is 0.0896. The SMILES string of the molecule is CCc1c(N2CCN(C(=O)c3c[nH]n(C4CCC4)c3=O)[C@H](C)C2)c(=O)n2nc(C3=CCOCC3)nc2n1CC(=O)Nc1cc(Cl)c(C(F)(F)F)cc1C. The molecular weight excluding hydrogens is 719 g/mol. The molecule has 0 unspecified atom stereocenters. The molecule has 5 heterocycles. The molecule has 7 rings (SSSR count). The lowest BCUT2D eigenvalue weighted by Gasteiger charge is -2.41. The Morgan fingerprint density at radius 3 is 2.57 bits per heavy atom. The molecule has 1 aliphatic carbocycles. The van der Waals surface area contributed by atoms with E-state index in [0.29, 0.717) is 37.6 Å². The van der Waals surface area contributed by atoms with Crippen LogP contribution in [0.15, 0.2) is 34.0 Å². The van der Waals surface area contributed by atoms with E-state index in [0.717, 1.165) is 37.0 Å². The number of nitrogens with one attached hydrogen (secondary N) is 2. The number of ether oxygens (including phenoxy) is 1. The van der Waals surface area contributed by atoms with Crippen molar-refractivity contribution >= 4 is 46.1 Å². The Morgan fingerprint density at radius 2 is 1.92 bits per heavy atom. The lowest BCUT2D eigenvalue weighted by Crippen LogP contribution is -2.56. The minimum Gasteiger partial charge on any atom is -0.377 e. The smallest absolute Gasteiger partial charge is 0.377 e. The number of halogens is 4. The molecule has 2 aliphatic heterocycles. The minimum absolute atomic E-state index is 0.0711. The molecule has 2 fully saturated rings. The Morgan fingerprint density at radius 1 is 1.15 bits per heavy atom. The fourth-order valence-electron chi connectivity index (χ4n) is 7.23. The van der Waals surface area contributed by atoms with Crippen LogP contribution in [0, 0.1) is 6.92 Å². The molecule has 3 aliphatic rings. The first kappa shape index (κ1) is 36.5. The number of H-pyrrole nitrogens is 1. The Hall–Kier alpha value is -4.90. The molecule has 1 saturated heterocycles. The summed E-state index contributed by atoms with van der Waals surface area (Å²) in [5.74, 6) is -0.548. The highest BCUT2D eigenvalue weighted by Gasteiger charge is 2.36. The number of fused-ring (bicyclic) bond motifs is 1. The van der Waals surface area contributed by atoms with Crippen LogP contribution in [-0.2, 0) is 28.7 Å². The van der Waals surface area contributed by atoms with Gasteiger partial charge in [-0.2, -0.15) is 22.7 Å². The van der Waals surface area contributed by atoms with Crippen molar-refractivity contribution < 1.29 is 27.5 Å². The second-order valence-corrected chi connectivity index (χ2v) is 14.1. The molecule has 14 nitrogen and oxygen atoms in total. The number of alkyl halides is 3. The van der Waals surface area contributed by atoms with Crippen molar-refractivity contribution in [3.05, 3.63) is 78.3 Å². The van der Waals surface area contributed by atoms with Gasteiger partial charge >= 0.3 is 6.18 Å². The number of benzene rings is 1. The molecule has 3 aromatic heterocycles. The van der Waals surface area contributed by atoms with Crippen molar-refractivity contribution in [2.75, 3.05) is 43.1 Å². The molecule has 1 aromatic carbocycles. The predicted octanol–water partition coefficient (Wildman–Crippen LogP) is 4.44. The normalized spacial score (nSPS) is 18.3. The van der Waals surface area contributed by atoms with Gasteiger partial charge in [0.25, 0.3) is 17.0 Å². The van der Waals surface area contributed by atoms with Crippen LogP contribution in [0.5, 0.6) is 0 Å². The lowest BCUT2D eigenvalue weighted by molar-refractivity contribution is -0.137. The van der Waals surface area contributed by atoms with Gasteiger partial charge in [0, 0.05) is 37.6 Å². The van der Waals surface area contributed by atoms with E-state index in [1.54, 1.807) is 9.47 Å². The molecule has 4 aromatic rings. The van der Waals surface area contributed by atoms with Gasteiger partial charge in [0.05, 0.1) is 35.5 Å². The number of aromatic nitrogens is 6. The van der Waals surface area contributed by atoms with Crippen molar-refractivity contribution in [1.82, 2.24) is 33.8 Å². The maximum atomic E-state index is 14.3. The molecule has 282 valence electrons. The van der Waals surface area contributed by atoms with Crippen molar-refractivity contribution in [3.63, 3.8) is 0 Å². The third-order valence-electron chi connectivity index (χ3n) is 10.3. The quantitative estimate of drug-likeness (QED) is 0.268. The van der Waals surface area contributed by atoms with Gasteiger partial charge < -0.3 is 29.5 Å². The topological polar surface area (TPSA) is 152 Å². The van der Waals surface area contributed by atoms with Crippen LogP contribution in [0.1, 0.15) is 78.6 Å². The summed E-state index contributed by atoms with van der Waals surface area (Å²) in [5, 5.41) is 9.65. The predicted molar refractivity (Wildman–Crippen MR) is 191 cm³/mol. The van der Waals surface area contributed by atoms with Gasteiger partial charge in [-0.25, -0.2) is 4.68 Å². The molecule has 0 radical (unpaired) electrons. The highest BCUT2D eigenvalue weighted by atomic mass is 35.5. The summed E-state index contributed by atoms with van der Waals surface area (Å²) >= 11 is 5.97. The first-order chi connectivity index (χ1) is 25.3. The number of amides is 2. The van der Waals surface area contributed by atoms with Crippen molar-refractivity contribution in [3.8, 4) is 0 Å². The maximum Gasteiger partial charge on any atom is 0.417 e. The van der Waals surface area contributed by atoms with Crippen LogP contribution >= 0.6 is 11.6 Å². The summed E-state index contributed by atoms with van der Waals surface area (Å²) in [6, 6.07) is 1.62. The highest BCUT2D eigenvalue weighted by Crippen LogP contribution is 2.37. The van der Waals surface area contributed by atoms with E-state index in [9.17, 15) is 32.3 Å². The van der Waals surface area contributed by atoms with Gasteiger partial charge in [0.2, 0.25) is 11.7 Å². The number of hydrogen-bond donors (Lipinski definition) is 2. The molecule has 0 bridgehead atoms. The number of carbonyl (C=O) groups is 2. The average Bonchev–Trinajstić information content (AvgIpc) is 3.71. The second-order valence-electron chi connectivity index (χ2n) is 13.7. The first-order valence-electron chi connectivity index (χ1n) is 17.6. The monoisotopic (exact) mass is 757 g/mol. The van der Waals surface area contributed by atoms with E-state index in [-0.39, 0.29) is 72.0 Å². The summed E-state index contributed by atoms with van der Waals surface area (Å²) < 4.78 is 50.1. The van der Waals surface area contributed by atoms with E-state index in [4.69, 9.17) is 21.3 Å². The summed E-state index contributed by atoms with van der Waals surface area (Å²) in [6.45, 7) is 6.30. The van der Waals surface area contributed by atoms with E-state index in [2.05, 4.69) is 15.5 Å². The molecule has 2 amide bonds. The van der Waals surface area contributed by atoms with E-state index >= 15 is 0 Å². The van der Waals surface area contributed by atoms with Gasteiger partial charge in [0.15, 0.2) is 5.82 Å². The number of piperazine rings is 1. The van der Waals surface area contributed by atoms with Crippen molar-refractivity contribution in [1.29, 1.82) is 0 Å². The molecule has 2 N–H and O–H groups in total. The van der Waals surface area contributed by atoms with E-state index in [1.165, 1.54) is 22.3 Å². The molecule has 0 spiro atoms. The zero-order chi connectivity index (χ0) is 37.8. The molecule has 18 heteroatoms. The summed E-state index contributed by atoms with van der Waals surface area (Å²) in [4.78, 5) is 62.9. The van der Waals surface area contributed by atoms with Crippen LogP contribution < -0.4 is 21.3 Å². The fraction of sp³-hybridized carbons (Fsp3) is 0.486. The van der Waals surface area contributed by atoms with Gasteiger partial charge in [-0.1, -0.05) is 24.6 Å².